The molecular weight excluding hydrogens is 483 g/mol. The summed E-state index contributed by atoms with van der Waals surface area (Å²) in [5.41, 5.74) is 0.544. The van der Waals surface area contributed by atoms with Crippen molar-refractivity contribution in [3.8, 4) is 11.5 Å². The summed E-state index contributed by atoms with van der Waals surface area (Å²) in [5, 5.41) is 10.5. The number of aliphatic imine (C=N–C) groups is 1. The van der Waals surface area contributed by atoms with Gasteiger partial charge in [0.25, 0.3) is 0 Å². The van der Waals surface area contributed by atoms with Crippen molar-refractivity contribution in [3.05, 3.63) is 42.2 Å². The van der Waals surface area contributed by atoms with Crippen molar-refractivity contribution in [2.24, 2.45) is 10.9 Å². The molecule has 1 atom stereocenters. The van der Waals surface area contributed by atoms with Crippen LogP contribution in [0.2, 0.25) is 0 Å². The molecule has 0 saturated carbocycles. The Morgan fingerprint density at radius 1 is 1.32 bits per heavy atom. The number of alkyl halides is 2. The van der Waals surface area contributed by atoms with Gasteiger partial charge in [-0.15, -0.1) is 24.0 Å². The highest BCUT2D eigenvalue weighted by Crippen LogP contribution is 2.25. The van der Waals surface area contributed by atoms with Gasteiger partial charge in [0.15, 0.2) is 5.96 Å². The second-order valence-electron chi connectivity index (χ2n) is 5.99. The first-order valence-electron chi connectivity index (χ1n) is 8.55. The molecule has 2 aromatic rings. The summed E-state index contributed by atoms with van der Waals surface area (Å²) >= 11 is 0. The normalized spacial score (nSPS) is 12.3. The summed E-state index contributed by atoms with van der Waals surface area (Å²) in [7, 11) is 3.16. The molecule has 0 saturated heterocycles. The summed E-state index contributed by atoms with van der Waals surface area (Å²) in [6.45, 7) is 0.917. The Labute approximate surface area is 180 Å². The lowest BCUT2D eigenvalue weighted by atomic mass is 10.2. The van der Waals surface area contributed by atoms with Gasteiger partial charge in [0.05, 0.1) is 7.11 Å². The molecule has 0 aliphatic heterocycles. The molecule has 1 heterocycles. The molecule has 2 N–H and O–H groups in total. The van der Waals surface area contributed by atoms with Crippen molar-refractivity contribution in [2.45, 2.75) is 26.6 Å². The van der Waals surface area contributed by atoms with Crippen LogP contribution in [-0.2, 0) is 13.1 Å². The lowest BCUT2D eigenvalue weighted by molar-refractivity contribution is -0.0504. The predicted octanol–water partition coefficient (Wildman–Crippen LogP) is 3.11. The highest BCUT2D eigenvalue weighted by molar-refractivity contribution is 14.0. The molecule has 156 valence electrons. The van der Waals surface area contributed by atoms with E-state index < -0.39 is 6.61 Å². The Balaban J connectivity index is 0.00000392. The molecule has 0 bridgehead atoms. The first-order chi connectivity index (χ1) is 13.0. The van der Waals surface area contributed by atoms with E-state index in [-0.39, 0.29) is 36.3 Å². The van der Waals surface area contributed by atoms with Crippen LogP contribution in [0, 0.1) is 5.92 Å². The van der Waals surface area contributed by atoms with Crippen LogP contribution in [-0.4, -0.2) is 43.1 Å². The van der Waals surface area contributed by atoms with Gasteiger partial charge in [0.2, 0.25) is 0 Å². The third kappa shape index (κ3) is 7.87. The lowest BCUT2D eigenvalue weighted by Crippen LogP contribution is -2.39. The zero-order valence-electron chi connectivity index (χ0n) is 16.1. The first-order valence-corrected chi connectivity index (χ1v) is 8.55. The number of hydrogen-bond donors (Lipinski definition) is 2. The molecule has 10 heteroatoms. The number of hydrogen-bond acceptors (Lipinski definition) is 4. The van der Waals surface area contributed by atoms with E-state index in [0.29, 0.717) is 29.7 Å². The van der Waals surface area contributed by atoms with Crippen molar-refractivity contribution >= 4 is 29.9 Å². The Kier molecular flexibility index (Phi) is 10.6. The van der Waals surface area contributed by atoms with Gasteiger partial charge < -0.3 is 20.1 Å². The zero-order chi connectivity index (χ0) is 19.6. The van der Waals surface area contributed by atoms with Crippen LogP contribution in [0.3, 0.4) is 0 Å². The minimum atomic E-state index is -2.89. The number of guanidine groups is 1. The summed E-state index contributed by atoms with van der Waals surface area (Å²) in [5.74, 6) is 1.54. The molecule has 28 heavy (non-hydrogen) atoms. The number of aromatic nitrogens is 2. The minimum absolute atomic E-state index is 0. The molecular formula is C18H26F2IN5O2. The standard InChI is InChI=1S/C18H25F2N5O2.HI/c1-13(12-25-8-4-7-24-25)10-22-18(21-2)23-11-14-9-15(26-3)5-6-16(14)27-17(19)20;/h4-9,13,17H,10-12H2,1-3H3,(H2,21,22,23);1H. The highest BCUT2D eigenvalue weighted by atomic mass is 127. The summed E-state index contributed by atoms with van der Waals surface area (Å²) in [6, 6.07) is 6.57. The van der Waals surface area contributed by atoms with Crippen LogP contribution < -0.4 is 20.1 Å². The maximum atomic E-state index is 12.6. The number of nitrogens with zero attached hydrogens (tertiary/aromatic N) is 3. The van der Waals surface area contributed by atoms with Gasteiger partial charge in [-0.05, 0) is 30.2 Å². The number of benzene rings is 1. The first kappa shape index (κ1) is 23.9. The van der Waals surface area contributed by atoms with Gasteiger partial charge in [0, 0.05) is 44.6 Å². The van der Waals surface area contributed by atoms with Crippen LogP contribution in [0.15, 0.2) is 41.7 Å². The number of ether oxygens (including phenoxy) is 2. The third-order valence-electron chi connectivity index (χ3n) is 3.83. The van der Waals surface area contributed by atoms with E-state index in [4.69, 9.17) is 4.74 Å². The number of nitrogens with one attached hydrogen (secondary N) is 2. The van der Waals surface area contributed by atoms with Crippen LogP contribution in [0.25, 0.3) is 0 Å². The van der Waals surface area contributed by atoms with Gasteiger partial charge in [0.1, 0.15) is 11.5 Å². The predicted molar refractivity (Wildman–Crippen MR) is 115 cm³/mol. The maximum absolute atomic E-state index is 12.6. The van der Waals surface area contributed by atoms with Gasteiger partial charge in [-0.1, -0.05) is 6.92 Å². The van der Waals surface area contributed by atoms with E-state index in [0.717, 1.165) is 6.54 Å². The second-order valence-corrected chi connectivity index (χ2v) is 5.99. The van der Waals surface area contributed by atoms with Gasteiger partial charge in [-0.2, -0.15) is 13.9 Å². The lowest BCUT2D eigenvalue weighted by Gasteiger charge is -2.17. The second kappa shape index (κ2) is 12.4. The number of rotatable bonds is 9. The Bertz CT molecular complexity index is 729. The molecule has 1 aromatic heterocycles. The van der Waals surface area contributed by atoms with Crippen LogP contribution in [0.5, 0.6) is 11.5 Å². The van der Waals surface area contributed by atoms with Crippen molar-refractivity contribution in [1.29, 1.82) is 0 Å². The fourth-order valence-electron chi connectivity index (χ4n) is 2.49. The Morgan fingerprint density at radius 3 is 2.71 bits per heavy atom. The van der Waals surface area contributed by atoms with Gasteiger partial charge >= 0.3 is 6.61 Å². The molecule has 1 aromatic carbocycles. The number of methoxy groups -OCH3 is 1. The van der Waals surface area contributed by atoms with E-state index in [1.807, 2.05) is 16.9 Å². The largest absolute Gasteiger partial charge is 0.497 e. The smallest absolute Gasteiger partial charge is 0.387 e. The van der Waals surface area contributed by atoms with Crippen LogP contribution in [0.1, 0.15) is 12.5 Å². The Hall–Kier alpha value is -2.11. The monoisotopic (exact) mass is 509 g/mol. The fourth-order valence-corrected chi connectivity index (χ4v) is 2.49. The molecule has 0 aliphatic rings. The molecule has 0 spiro atoms. The Morgan fingerprint density at radius 2 is 2.11 bits per heavy atom. The fraction of sp³-hybridized carbons (Fsp3) is 0.444. The van der Waals surface area contributed by atoms with E-state index >= 15 is 0 Å². The summed E-state index contributed by atoms with van der Waals surface area (Å²) < 4.78 is 36.8. The maximum Gasteiger partial charge on any atom is 0.387 e. The molecule has 0 amide bonds. The van der Waals surface area contributed by atoms with Crippen molar-refractivity contribution < 1.29 is 18.3 Å². The van der Waals surface area contributed by atoms with Crippen molar-refractivity contribution in [1.82, 2.24) is 20.4 Å². The topological polar surface area (TPSA) is 72.7 Å². The molecule has 0 aliphatic carbocycles. The molecule has 2 rings (SSSR count). The SMILES string of the molecule is CN=C(NCc1cc(OC)ccc1OC(F)F)NCC(C)Cn1cccn1.I. The van der Waals surface area contributed by atoms with Crippen LogP contribution in [0.4, 0.5) is 8.78 Å². The van der Waals surface area contributed by atoms with Crippen molar-refractivity contribution in [2.75, 3.05) is 20.7 Å². The van der Waals surface area contributed by atoms with Crippen LogP contribution >= 0.6 is 24.0 Å². The molecule has 1 unspecified atom stereocenters. The average molecular weight is 509 g/mol. The van der Waals surface area contributed by atoms with Gasteiger partial charge in [-0.25, -0.2) is 0 Å². The summed E-state index contributed by atoms with van der Waals surface area (Å²) in [6.07, 6.45) is 3.66. The van der Waals surface area contributed by atoms with E-state index in [1.165, 1.54) is 13.2 Å². The van der Waals surface area contributed by atoms with E-state index in [1.54, 1.807) is 25.4 Å². The summed E-state index contributed by atoms with van der Waals surface area (Å²) in [4.78, 5) is 4.16. The zero-order valence-corrected chi connectivity index (χ0v) is 18.4. The molecule has 0 fully saturated rings. The number of halogens is 3. The van der Waals surface area contributed by atoms with E-state index in [9.17, 15) is 8.78 Å². The molecule has 0 radical (unpaired) electrons. The minimum Gasteiger partial charge on any atom is -0.497 e. The van der Waals surface area contributed by atoms with Gasteiger partial charge in [-0.3, -0.25) is 9.67 Å². The third-order valence-corrected chi connectivity index (χ3v) is 3.83. The average Bonchev–Trinajstić information content (AvgIpc) is 3.15. The highest BCUT2D eigenvalue weighted by Gasteiger charge is 2.12. The van der Waals surface area contributed by atoms with E-state index in [2.05, 4.69) is 32.4 Å². The quantitative estimate of drug-likeness (QED) is 0.309. The van der Waals surface area contributed by atoms with Crippen molar-refractivity contribution in [3.63, 3.8) is 0 Å². The molecule has 7 nitrogen and oxygen atoms in total.